The first-order chi connectivity index (χ1) is 8.08. The monoisotopic (exact) mass is 247 g/mol. The fourth-order valence-electron chi connectivity index (χ4n) is 1.41. The van der Waals surface area contributed by atoms with Crippen LogP contribution >= 0.6 is 0 Å². The molecule has 0 amide bonds. The van der Waals surface area contributed by atoms with Crippen molar-refractivity contribution in [1.29, 1.82) is 0 Å². The van der Waals surface area contributed by atoms with E-state index in [9.17, 15) is 8.78 Å². The van der Waals surface area contributed by atoms with E-state index >= 15 is 0 Å². The average molecular weight is 247 g/mol. The molecule has 1 rings (SSSR count). The SMILES string of the molecule is COc1cc(C(N)CCO)ccc1OC(F)F. The van der Waals surface area contributed by atoms with Gasteiger partial charge in [0.05, 0.1) is 7.11 Å². The predicted octanol–water partition coefficient (Wildman–Crippen LogP) is 1.68. The van der Waals surface area contributed by atoms with E-state index in [2.05, 4.69) is 4.74 Å². The van der Waals surface area contributed by atoms with Crippen molar-refractivity contribution in [2.24, 2.45) is 5.73 Å². The number of aliphatic hydroxyl groups excluding tert-OH is 1. The maximum Gasteiger partial charge on any atom is 0.387 e. The predicted molar refractivity (Wildman–Crippen MR) is 58.3 cm³/mol. The van der Waals surface area contributed by atoms with E-state index in [1.165, 1.54) is 19.2 Å². The van der Waals surface area contributed by atoms with Crippen LogP contribution in [0.3, 0.4) is 0 Å². The molecule has 17 heavy (non-hydrogen) atoms. The minimum Gasteiger partial charge on any atom is -0.493 e. The molecule has 0 spiro atoms. The van der Waals surface area contributed by atoms with E-state index in [0.717, 1.165) is 0 Å². The maximum absolute atomic E-state index is 12.1. The van der Waals surface area contributed by atoms with E-state index in [-0.39, 0.29) is 24.1 Å². The highest BCUT2D eigenvalue weighted by molar-refractivity contribution is 5.43. The molecular formula is C11H15F2NO3. The molecule has 96 valence electrons. The molecule has 0 saturated carbocycles. The van der Waals surface area contributed by atoms with Crippen molar-refractivity contribution in [1.82, 2.24) is 0 Å². The van der Waals surface area contributed by atoms with Gasteiger partial charge in [-0.1, -0.05) is 6.07 Å². The Hall–Kier alpha value is -1.40. The Labute approximate surface area is 97.9 Å². The first kappa shape index (κ1) is 13.7. The number of benzene rings is 1. The molecule has 1 unspecified atom stereocenters. The van der Waals surface area contributed by atoms with Gasteiger partial charge >= 0.3 is 6.61 Å². The number of rotatable bonds is 6. The Balaban J connectivity index is 2.91. The zero-order valence-corrected chi connectivity index (χ0v) is 9.40. The van der Waals surface area contributed by atoms with Crippen LogP contribution in [0.2, 0.25) is 0 Å². The van der Waals surface area contributed by atoms with Crippen LogP contribution in [0.15, 0.2) is 18.2 Å². The minimum absolute atomic E-state index is 0.0394. The smallest absolute Gasteiger partial charge is 0.387 e. The number of alkyl halides is 2. The Morgan fingerprint density at radius 2 is 2.06 bits per heavy atom. The molecule has 0 aromatic heterocycles. The lowest BCUT2D eigenvalue weighted by Crippen LogP contribution is -2.12. The lowest BCUT2D eigenvalue weighted by Gasteiger charge is -2.14. The lowest BCUT2D eigenvalue weighted by atomic mass is 10.0. The van der Waals surface area contributed by atoms with Gasteiger partial charge in [0.2, 0.25) is 0 Å². The summed E-state index contributed by atoms with van der Waals surface area (Å²) in [5.74, 6) is 0.152. The van der Waals surface area contributed by atoms with Crippen LogP contribution < -0.4 is 15.2 Å². The molecule has 0 fully saturated rings. The molecule has 0 aliphatic rings. The van der Waals surface area contributed by atoms with Gasteiger partial charge in [-0.25, -0.2) is 0 Å². The summed E-state index contributed by atoms with van der Waals surface area (Å²) in [6, 6.07) is 4.10. The number of halogens is 2. The van der Waals surface area contributed by atoms with Crippen LogP contribution in [-0.2, 0) is 0 Å². The van der Waals surface area contributed by atoms with Crippen LogP contribution in [0, 0.1) is 0 Å². The van der Waals surface area contributed by atoms with Gasteiger partial charge in [0.25, 0.3) is 0 Å². The Morgan fingerprint density at radius 1 is 1.35 bits per heavy atom. The Kier molecular flexibility index (Phi) is 5.11. The third kappa shape index (κ3) is 3.83. The molecule has 0 heterocycles. The maximum atomic E-state index is 12.1. The van der Waals surface area contributed by atoms with E-state index in [0.29, 0.717) is 12.0 Å². The number of nitrogens with two attached hydrogens (primary N) is 1. The molecule has 1 atom stereocenters. The third-order valence-corrected chi connectivity index (χ3v) is 2.27. The highest BCUT2D eigenvalue weighted by atomic mass is 19.3. The lowest BCUT2D eigenvalue weighted by molar-refractivity contribution is -0.0512. The molecule has 0 aliphatic carbocycles. The molecule has 6 heteroatoms. The fourth-order valence-corrected chi connectivity index (χ4v) is 1.41. The van der Waals surface area contributed by atoms with Crippen molar-refractivity contribution in [3.8, 4) is 11.5 Å². The number of methoxy groups -OCH3 is 1. The summed E-state index contributed by atoms with van der Waals surface area (Å²) >= 11 is 0. The van der Waals surface area contributed by atoms with Crippen molar-refractivity contribution in [3.63, 3.8) is 0 Å². The zero-order chi connectivity index (χ0) is 12.8. The summed E-state index contributed by atoms with van der Waals surface area (Å²) in [4.78, 5) is 0. The van der Waals surface area contributed by atoms with Crippen LogP contribution in [0.5, 0.6) is 11.5 Å². The second-order valence-corrected chi connectivity index (χ2v) is 3.41. The van der Waals surface area contributed by atoms with E-state index in [1.54, 1.807) is 6.07 Å². The minimum atomic E-state index is -2.90. The van der Waals surface area contributed by atoms with Gasteiger partial charge in [-0.2, -0.15) is 8.78 Å². The standard InChI is InChI=1S/C11H15F2NO3/c1-16-10-6-7(8(14)4-5-15)2-3-9(10)17-11(12)13/h2-3,6,8,11,15H,4-5,14H2,1H3. The fraction of sp³-hybridized carbons (Fsp3) is 0.455. The first-order valence-corrected chi connectivity index (χ1v) is 5.07. The highest BCUT2D eigenvalue weighted by Crippen LogP contribution is 2.31. The van der Waals surface area contributed by atoms with Crippen molar-refractivity contribution in [2.75, 3.05) is 13.7 Å². The van der Waals surface area contributed by atoms with Crippen molar-refractivity contribution in [3.05, 3.63) is 23.8 Å². The largest absolute Gasteiger partial charge is 0.493 e. The molecule has 4 nitrogen and oxygen atoms in total. The summed E-state index contributed by atoms with van der Waals surface area (Å²) in [7, 11) is 1.36. The first-order valence-electron chi connectivity index (χ1n) is 5.07. The van der Waals surface area contributed by atoms with Gasteiger partial charge in [0.1, 0.15) is 0 Å². The molecule has 0 bridgehead atoms. The second-order valence-electron chi connectivity index (χ2n) is 3.41. The summed E-state index contributed by atoms with van der Waals surface area (Å²) < 4.78 is 33.4. The summed E-state index contributed by atoms with van der Waals surface area (Å²) in [5.41, 5.74) is 6.47. The van der Waals surface area contributed by atoms with E-state index < -0.39 is 6.61 Å². The Bertz CT molecular complexity index is 361. The van der Waals surface area contributed by atoms with Gasteiger partial charge in [-0.05, 0) is 24.1 Å². The van der Waals surface area contributed by atoms with Crippen molar-refractivity contribution >= 4 is 0 Å². The highest BCUT2D eigenvalue weighted by Gasteiger charge is 2.13. The van der Waals surface area contributed by atoms with Gasteiger partial charge in [-0.3, -0.25) is 0 Å². The molecule has 1 aromatic rings. The van der Waals surface area contributed by atoms with Gasteiger partial charge in [0, 0.05) is 12.6 Å². The molecule has 0 aliphatic heterocycles. The van der Waals surface area contributed by atoms with E-state index in [1.807, 2.05) is 0 Å². The number of aliphatic hydroxyl groups is 1. The van der Waals surface area contributed by atoms with Crippen LogP contribution in [0.1, 0.15) is 18.0 Å². The van der Waals surface area contributed by atoms with Crippen molar-refractivity contribution in [2.45, 2.75) is 19.1 Å². The normalized spacial score (nSPS) is 12.6. The van der Waals surface area contributed by atoms with Crippen LogP contribution in [0.25, 0.3) is 0 Å². The average Bonchev–Trinajstić information content (AvgIpc) is 2.29. The summed E-state index contributed by atoms with van der Waals surface area (Å²) in [5, 5.41) is 8.76. The molecule has 0 radical (unpaired) electrons. The molecule has 3 N–H and O–H groups in total. The Morgan fingerprint density at radius 3 is 2.59 bits per heavy atom. The topological polar surface area (TPSA) is 64.7 Å². The van der Waals surface area contributed by atoms with Gasteiger partial charge < -0.3 is 20.3 Å². The summed E-state index contributed by atoms with van der Waals surface area (Å²) in [6.07, 6.45) is 0.387. The van der Waals surface area contributed by atoms with E-state index in [4.69, 9.17) is 15.6 Å². The quantitative estimate of drug-likeness (QED) is 0.802. The second kappa shape index (κ2) is 6.36. The van der Waals surface area contributed by atoms with Gasteiger partial charge in [-0.15, -0.1) is 0 Å². The number of ether oxygens (including phenoxy) is 2. The van der Waals surface area contributed by atoms with Crippen LogP contribution in [-0.4, -0.2) is 25.4 Å². The third-order valence-electron chi connectivity index (χ3n) is 2.27. The van der Waals surface area contributed by atoms with Gasteiger partial charge in [0.15, 0.2) is 11.5 Å². The zero-order valence-electron chi connectivity index (χ0n) is 9.40. The summed E-state index contributed by atoms with van der Waals surface area (Å²) in [6.45, 7) is -2.94. The molecule has 0 saturated heterocycles. The van der Waals surface area contributed by atoms with Crippen molar-refractivity contribution < 1.29 is 23.4 Å². The van der Waals surface area contributed by atoms with Crippen LogP contribution in [0.4, 0.5) is 8.78 Å². The number of hydrogen-bond acceptors (Lipinski definition) is 4. The number of hydrogen-bond donors (Lipinski definition) is 2. The molecule has 1 aromatic carbocycles. The molecular weight excluding hydrogens is 232 g/mol.